The van der Waals surface area contributed by atoms with Crippen LogP contribution in [0.15, 0.2) is 36.5 Å². The summed E-state index contributed by atoms with van der Waals surface area (Å²) < 4.78 is 9.12. The van der Waals surface area contributed by atoms with Crippen LogP contribution in [0.3, 0.4) is 0 Å². The van der Waals surface area contributed by atoms with Crippen LogP contribution in [0, 0.1) is 0 Å². The second kappa shape index (κ2) is 8.21. The highest BCUT2D eigenvalue weighted by atomic mass is 32.1. The number of benzene rings is 1. The average molecular weight is 348 g/mol. The maximum atomic E-state index is 12.6. The molecule has 0 aliphatic heterocycles. The molecule has 0 N–H and O–H groups in total. The lowest BCUT2D eigenvalue weighted by atomic mass is 10.2. The predicted octanol–water partition coefficient (Wildman–Crippen LogP) is 1.60. The average Bonchev–Trinajstić information content (AvgIpc) is 3.11. The molecule has 0 unspecified atom stereocenters. The number of rotatable bonds is 6. The zero-order chi connectivity index (χ0) is 17.5. The number of methoxy groups -OCH3 is 2. The summed E-state index contributed by atoms with van der Waals surface area (Å²) in [5.74, 6) is -1.73. The fraction of sp³-hybridized carbons (Fsp3) is 0.250. The van der Waals surface area contributed by atoms with E-state index in [0.29, 0.717) is 9.88 Å². The van der Waals surface area contributed by atoms with Gasteiger partial charge in [0, 0.05) is 5.56 Å². The van der Waals surface area contributed by atoms with Crippen molar-refractivity contribution in [2.75, 3.05) is 27.3 Å². The van der Waals surface area contributed by atoms with Crippen molar-refractivity contribution in [3.05, 3.63) is 41.4 Å². The lowest BCUT2D eigenvalue weighted by Gasteiger charge is -2.18. The van der Waals surface area contributed by atoms with Gasteiger partial charge in [-0.15, -0.1) is 11.3 Å². The third-order valence-corrected chi connectivity index (χ3v) is 4.15. The summed E-state index contributed by atoms with van der Waals surface area (Å²) in [6, 6.07) is 9.40. The highest BCUT2D eigenvalue weighted by molar-refractivity contribution is 7.16. The fourth-order valence-corrected chi connectivity index (χ4v) is 2.77. The smallest absolute Gasteiger partial charge is 0.325 e. The van der Waals surface area contributed by atoms with Crippen LogP contribution in [0.25, 0.3) is 10.6 Å². The Labute approximate surface area is 142 Å². The van der Waals surface area contributed by atoms with Gasteiger partial charge >= 0.3 is 11.9 Å². The molecule has 8 heteroatoms. The normalized spacial score (nSPS) is 10.1. The summed E-state index contributed by atoms with van der Waals surface area (Å²) in [7, 11) is 2.42. The van der Waals surface area contributed by atoms with E-state index in [1.165, 1.54) is 31.8 Å². The number of esters is 2. The van der Waals surface area contributed by atoms with Gasteiger partial charge in [-0.3, -0.25) is 14.4 Å². The molecule has 0 aliphatic rings. The number of carbonyl (C=O) groups excluding carboxylic acids is 3. The van der Waals surface area contributed by atoms with E-state index in [4.69, 9.17) is 0 Å². The first-order valence-electron chi connectivity index (χ1n) is 6.99. The SMILES string of the molecule is COC(=O)CN(CC(=O)OC)C(=O)c1cnc(-c2ccccc2)s1. The number of hydrogen-bond donors (Lipinski definition) is 0. The van der Waals surface area contributed by atoms with E-state index in [9.17, 15) is 14.4 Å². The van der Waals surface area contributed by atoms with Crippen molar-refractivity contribution < 1.29 is 23.9 Å². The van der Waals surface area contributed by atoms with Gasteiger partial charge in [0.15, 0.2) is 0 Å². The first-order chi connectivity index (χ1) is 11.5. The zero-order valence-electron chi connectivity index (χ0n) is 13.2. The summed E-state index contributed by atoms with van der Waals surface area (Å²) in [6.07, 6.45) is 1.43. The molecule has 0 fully saturated rings. The molecular weight excluding hydrogens is 332 g/mol. The molecule has 0 bridgehead atoms. The number of amides is 1. The lowest BCUT2D eigenvalue weighted by molar-refractivity contribution is -0.144. The van der Waals surface area contributed by atoms with Gasteiger partial charge in [-0.05, 0) is 0 Å². The Morgan fingerprint density at radius 2 is 1.62 bits per heavy atom. The van der Waals surface area contributed by atoms with Gasteiger partial charge in [-0.1, -0.05) is 30.3 Å². The van der Waals surface area contributed by atoms with Crippen molar-refractivity contribution in [1.82, 2.24) is 9.88 Å². The van der Waals surface area contributed by atoms with Crippen molar-refractivity contribution in [2.45, 2.75) is 0 Å². The van der Waals surface area contributed by atoms with Crippen molar-refractivity contribution in [3.63, 3.8) is 0 Å². The minimum atomic E-state index is -0.625. The molecule has 7 nitrogen and oxygen atoms in total. The van der Waals surface area contributed by atoms with Crippen LogP contribution in [0.2, 0.25) is 0 Å². The van der Waals surface area contributed by atoms with Gasteiger partial charge in [-0.2, -0.15) is 0 Å². The Bertz CT molecular complexity index is 711. The maximum Gasteiger partial charge on any atom is 0.325 e. The van der Waals surface area contributed by atoms with Gasteiger partial charge in [0.05, 0.1) is 20.4 Å². The molecule has 2 aromatic rings. The van der Waals surface area contributed by atoms with Crippen LogP contribution in [0.4, 0.5) is 0 Å². The molecule has 0 aliphatic carbocycles. The molecule has 0 saturated heterocycles. The minimum absolute atomic E-state index is 0.321. The molecule has 24 heavy (non-hydrogen) atoms. The van der Waals surface area contributed by atoms with Crippen molar-refractivity contribution in [3.8, 4) is 10.6 Å². The Kier molecular flexibility index (Phi) is 6.02. The van der Waals surface area contributed by atoms with E-state index in [2.05, 4.69) is 14.5 Å². The summed E-state index contributed by atoms with van der Waals surface area (Å²) in [6.45, 7) is -0.688. The van der Waals surface area contributed by atoms with E-state index in [1.807, 2.05) is 30.3 Å². The molecule has 126 valence electrons. The van der Waals surface area contributed by atoms with Crippen LogP contribution >= 0.6 is 11.3 Å². The largest absolute Gasteiger partial charge is 0.468 e. The van der Waals surface area contributed by atoms with Crippen LogP contribution in [0.5, 0.6) is 0 Å². The first kappa shape index (κ1) is 17.6. The zero-order valence-corrected chi connectivity index (χ0v) is 14.0. The van der Waals surface area contributed by atoms with Crippen LogP contribution < -0.4 is 0 Å². The van der Waals surface area contributed by atoms with Gasteiger partial charge in [0.25, 0.3) is 5.91 Å². The number of aromatic nitrogens is 1. The summed E-state index contributed by atoms with van der Waals surface area (Å²) in [5, 5.41) is 0.676. The van der Waals surface area contributed by atoms with E-state index in [1.54, 1.807) is 0 Å². The second-order valence-corrected chi connectivity index (χ2v) is 5.74. The van der Waals surface area contributed by atoms with E-state index in [-0.39, 0.29) is 13.1 Å². The monoisotopic (exact) mass is 348 g/mol. The number of ether oxygens (including phenoxy) is 2. The Balaban J connectivity index is 2.21. The predicted molar refractivity (Wildman–Crippen MR) is 87.5 cm³/mol. The van der Waals surface area contributed by atoms with E-state index >= 15 is 0 Å². The van der Waals surface area contributed by atoms with Crippen LogP contribution in [-0.4, -0.2) is 55.0 Å². The summed E-state index contributed by atoms with van der Waals surface area (Å²) >= 11 is 1.19. The third-order valence-electron chi connectivity index (χ3n) is 3.12. The highest BCUT2D eigenvalue weighted by Crippen LogP contribution is 2.25. The molecule has 0 spiro atoms. The first-order valence-corrected chi connectivity index (χ1v) is 7.81. The number of nitrogens with zero attached hydrogens (tertiary/aromatic N) is 2. The van der Waals surface area contributed by atoms with Gasteiger partial charge in [-0.25, -0.2) is 4.98 Å². The lowest BCUT2D eigenvalue weighted by Crippen LogP contribution is -2.39. The molecule has 0 atom stereocenters. The van der Waals surface area contributed by atoms with Crippen molar-refractivity contribution >= 4 is 29.2 Å². The molecular formula is C16H16N2O5S. The number of thiazole rings is 1. The number of carbonyl (C=O) groups is 3. The maximum absolute atomic E-state index is 12.6. The Morgan fingerprint density at radius 1 is 1.04 bits per heavy atom. The molecule has 1 heterocycles. The van der Waals surface area contributed by atoms with Gasteiger partial charge < -0.3 is 14.4 Å². The van der Waals surface area contributed by atoms with Crippen molar-refractivity contribution in [2.24, 2.45) is 0 Å². The van der Waals surface area contributed by atoms with Crippen LogP contribution in [-0.2, 0) is 19.1 Å². The van der Waals surface area contributed by atoms with Gasteiger partial charge in [0.1, 0.15) is 23.0 Å². The second-order valence-electron chi connectivity index (χ2n) is 4.71. The fourth-order valence-electron chi connectivity index (χ4n) is 1.88. The minimum Gasteiger partial charge on any atom is -0.468 e. The molecule has 1 amide bonds. The number of hydrogen-bond acceptors (Lipinski definition) is 7. The van der Waals surface area contributed by atoms with Gasteiger partial charge in [0.2, 0.25) is 0 Å². The topological polar surface area (TPSA) is 85.8 Å². The summed E-state index contributed by atoms with van der Waals surface area (Å²) in [5.41, 5.74) is 0.883. The molecule has 0 radical (unpaired) electrons. The molecule has 0 saturated carbocycles. The highest BCUT2D eigenvalue weighted by Gasteiger charge is 2.24. The van der Waals surface area contributed by atoms with E-state index < -0.39 is 17.8 Å². The molecule has 1 aromatic carbocycles. The standard InChI is InChI=1S/C16H16N2O5S/c1-22-13(19)9-18(10-14(20)23-2)16(21)12-8-17-15(24-12)11-6-4-3-5-7-11/h3-8H,9-10H2,1-2H3. The van der Waals surface area contributed by atoms with Crippen molar-refractivity contribution in [1.29, 1.82) is 0 Å². The molecule has 1 aromatic heterocycles. The Hall–Kier alpha value is -2.74. The van der Waals surface area contributed by atoms with Crippen LogP contribution in [0.1, 0.15) is 9.67 Å². The summed E-state index contributed by atoms with van der Waals surface area (Å²) in [4.78, 5) is 41.1. The Morgan fingerprint density at radius 3 is 2.17 bits per heavy atom. The van der Waals surface area contributed by atoms with E-state index in [0.717, 1.165) is 10.5 Å². The third kappa shape index (κ3) is 4.39. The molecule has 2 rings (SSSR count). The quantitative estimate of drug-likeness (QED) is 0.737.